The molecule has 0 aliphatic carbocycles. The second-order valence-electron chi connectivity index (χ2n) is 8.32. The molecule has 0 unspecified atom stereocenters. The maximum Gasteiger partial charge on any atom is 0.508 e. The number of benzene rings is 3. The Labute approximate surface area is 204 Å². The Morgan fingerprint density at radius 2 is 1.66 bits per heavy atom. The molecule has 3 aromatic rings. The molecule has 35 heavy (non-hydrogen) atoms. The Kier molecular flexibility index (Phi) is 7.63. The van der Waals surface area contributed by atoms with Crippen LogP contribution < -0.4 is 0 Å². The topological polar surface area (TPSA) is 82.1 Å². The van der Waals surface area contributed by atoms with Crippen molar-refractivity contribution in [3.05, 3.63) is 102 Å². The van der Waals surface area contributed by atoms with Gasteiger partial charge in [0.1, 0.15) is 18.5 Å². The Hall–Kier alpha value is -3.90. The van der Waals surface area contributed by atoms with Crippen LogP contribution in [0.5, 0.6) is 5.75 Å². The van der Waals surface area contributed by atoms with E-state index in [2.05, 4.69) is 0 Å². The fourth-order valence-corrected chi connectivity index (χ4v) is 4.16. The summed E-state index contributed by atoms with van der Waals surface area (Å²) in [5, 5.41) is 10.8. The molecule has 3 atom stereocenters. The molecule has 1 heterocycles. The lowest BCUT2D eigenvalue weighted by Crippen LogP contribution is -2.29. The van der Waals surface area contributed by atoms with Crippen molar-refractivity contribution >= 4 is 11.9 Å². The number of phenols is 1. The van der Waals surface area contributed by atoms with Gasteiger partial charge in [-0.1, -0.05) is 72.8 Å². The number of carbonyl (C=O) groups is 2. The molecule has 3 aromatic carbocycles. The number of hydrogen-bond donors (Lipinski definition) is 1. The predicted octanol–water partition coefficient (Wildman–Crippen LogP) is 6.21. The highest BCUT2D eigenvalue weighted by molar-refractivity contribution is 5.94. The normalized spacial score (nSPS) is 19.2. The fraction of sp³-hybridized carbons (Fsp3) is 0.241. The van der Waals surface area contributed by atoms with E-state index in [9.17, 15) is 14.7 Å². The number of Topliss-reactive ketones (excluding diaryl/α,β-unsaturated/α-hetero) is 1. The van der Waals surface area contributed by atoms with E-state index in [0.717, 1.165) is 16.7 Å². The van der Waals surface area contributed by atoms with Crippen LogP contribution in [-0.4, -0.2) is 36.4 Å². The van der Waals surface area contributed by atoms with E-state index in [1.54, 1.807) is 25.1 Å². The van der Waals surface area contributed by atoms with Crippen molar-refractivity contribution in [1.82, 2.24) is 0 Å². The van der Waals surface area contributed by atoms with Crippen molar-refractivity contribution in [2.45, 2.75) is 32.0 Å². The van der Waals surface area contributed by atoms with Crippen LogP contribution in [0.15, 0.2) is 84.9 Å². The molecule has 0 saturated heterocycles. The number of rotatable bonds is 7. The number of hydrogen-bond acceptors (Lipinski definition) is 6. The molecule has 0 aromatic heterocycles. The maximum absolute atomic E-state index is 11.8. The molecule has 0 fully saturated rings. The number of aromatic hydroxyl groups is 1. The Bertz CT molecular complexity index is 1200. The molecule has 6 nitrogen and oxygen atoms in total. The van der Waals surface area contributed by atoms with Gasteiger partial charge in [-0.15, -0.1) is 0 Å². The summed E-state index contributed by atoms with van der Waals surface area (Å²) in [4.78, 5) is 23.4. The molecule has 0 bridgehead atoms. The summed E-state index contributed by atoms with van der Waals surface area (Å²) in [6.45, 7) is 3.46. The maximum atomic E-state index is 11.8. The largest absolute Gasteiger partial charge is 0.508 e. The van der Waals surface area contributed by atoms with E-state index >= 15 is 0 Å². The Morgan fingerprint density at radius 3 is 2.34 bits per heavy atom. The van der Waals surface area contributed by atoms with E-state index in [0.29, 0.717) is 11.1 Å². The lowest BCUT2D eigenvalue weighted by atomic mass is 9.84. The first-order valence-corrected chi connectivity index (χ1v) is 11.6. The van der Waals surface area contributed by atoms with E-state index in [1.165, 1.54) is 6.92 Å². The highest BCUT2D eigenvalue weighted by Gasteiger charge is 2.32. The highest BCUT2D eigenvalue weighted by atomic mass is 16.7. The standard InChI is InChI=1S/C29H28O6/c1-3-33-29(32)34-18-24-14-15-25(28(35-24)22-11-9-20(10-12-22)19(2)30)26-17-23(13-16-27(26)31)21-7-5-4-6-8-21/h4-17,24-25,28,31H,3,18H2,1-2H3/t24-,25-,28+/m0/s1. The van der Waals surface area contributed by atoms with E-state index < -0.39 is 18.4 Å². The van der Waals surface area contributed by atoms with Crippen molar-refractivity contribution in [1.29, 1.82) is 0 Å². The van der Waals surface area contributed by atoms with Gasteiger partial charge in [-0.25, -0.2) is 4.79 Å². The Morgan fingerprint density at radius 1 is 0.914 bits per heavy atom. The van der Waals surface area contributed by atoms with Crippen molar-refractivity contribution in [2.24, 2.45) is 0 Å². The third-order valence-electron chi connectivity index (χ3n) is 5.95. The quantitative estimate of drug-likeness (QED) is 0.250. The van der Waals surface area contributed by atoms with Gasteiger partial charge in [0.25, 0.3) is 0 Å². The van der Waals surface area contributed by atoms with Crippen molar-refractivity contribution < 1.29 is 28.9 Å². The predicted molar refractivity (Wildman–Crippen MR) is 132 cm³/mol. The van der Waals surface area contributed by atoms with Gasteiger partial charge in [0.15, 0.2) is 5.78 Å². The molecule has 0 spiro atoms. The molecule has 180 valence electrons. The van der Waals surface area contributed by atoms with Gasteiger partial charge in [-0.3, -0.25) is 4.79 Å². The van der Waals surface area contributed by atoms with Gasteiger partial charge in [-0.2, -0.15) is 0 Å². The first kappa shape index (κ1) is 24.2. The molecule has 4 rings (SSSR count). The summed E-state index contributed by atoms with van der Waals surface area (Å²) < 4.78 is 16.4. The highest BCUT2D eigenvalue weighted by Crippen LogP contribution is 2.43. The summed E-state index contributed by atoms with van der Waals surface area (Å²) >= 11 is 0. The minimum Gasteiger partial charge on any atom is -0.508 e. The van der Waals surface area contributed by atoms with Crippen LogP contribution in [-0.2, 0) is 14.2 Å². The molecular formula is C29H28O6. The van der Waals surface area contributed by atoms with Gasteiger partial charge >= 0.3 is 6.16 Å². The molecule has 0 radical (unpaired) electrons. The Balaban J connectivity index is 1.68. The van der Waals surface area contributed by atoms with Crippen molar-refractivity contribution in [3.8, 4) is 16.9 Å². The van der Waals surface area contributed by atoms with Crippen LogP contribution in [0.25, 0.3) is 11.1 Å². The van der Waals surface area contributed by atoms with Crippen LogP contribution in [0.2, 0.25) is 0 Å². The first-order valence-electron chi connectivity index (χ1n) is 11.6. The first-order chi connectivity index (χ1) is 17.0. The van der Waals surface area contributed by atoms with Gasteiger partial charge < -0.3 is 19.3 Å². The molecule has 0 amide bonds. The minimum atomic E-state index is -0.748. The fourth-order valence-electron chi connectivity index (χ4n) is 4.16. The monoisotopic (exact) mass is 472 g/mol. The van der Waals surface area contributed by atoms with Crippen LogP contribution in [0.4, 0.5) is 4.79 Å². The summed E-state index contributed by atoms with van der Waals surface area (Å²) in [5.74, 6) is -0.165. The lowest BCUT2D eigenvalue weighted by molar-refractivity contribution is -0.0449. The summed E-state index contributed by atoms with van der Waals surface area (Å²) in [5.41, 5.74) is 4.18. The zero-order valence-corrected chi connectivity index (χ0v) is 19.7. The number of phenolic OH excluding ortho intramolecular Hbond substituents is 1. The van der Waals surface area contributed by atoms with Gasteiger partial charge in [0.2, 0.25) is 0 Å². The SMILES string of the molecule is CCOC(=O)OC[C@@H]1C=C[C@@H](c2cc(-c3ccccc3)ccc2O)[C@@H](c2ccc(C(C)=O)cc2)O1. The van der Waals surface area contributed by atoms with Crippen LogP contribution in [0, 0.1) is 0 Å². The van der Waals surface area contributed by atoms with Crippen LogP contribution >= 0.6 is 0 Å². The lowest BCUT2D eigenvalue weighted by Gasteiger charge is -2.33. The molecule has 0 saturated carbocycles. The molecular weight excluding hydrogens is 444 g/mol. The van der Waals surface area contributed by atoms with Gasteiger partial charge in [0, 0.05) is 17.0 Å². The summed E-state index contributed by atoms with van der Waals surface area (Å²) in [6, 6.07) is 22.7. The summed E-state index contributed by atoms with van der Waals surface area (Å²) in [6.07, 6.45) is 2.08. The van der Waals surface area contributed by atoms with Crippen molar-refractivity contribution in [3.63, 3.8) is 0 Å². The van der Waals surface area contributed by atoms with Crippen molar-refractivity contribution in [2.75, 3.05) is 13.2 Å². The van der Waals surface area contributed by atoms with Crippen LogP contribution in [0.1, 0.15) is 47.4 Å². The molecule has 1 aliphatic heterocycles. The minimum absolute atomic E-state index is 0.000119. The third kappa shape index (κ3) is 5.78. The van der Waals surface area contributed by atoms with Gasteiger partial charge in [0.05, 0.1) is 12.7 Å². The second kappa shape index (κ2) is 11.0. The van der Waals surface area contributed by atoms with E-state index in [1.807, 2.05) is 66.7 Å². The van der Waals surface area contributed by atoms with Crippen LogP contribution in [0.3, 0.4) is 0 Å². The summed E-state index contributed by atoms with van der Waals surface area (Å²) in [7, 11) is 0. The zero-order valence-electron chi connectivity index (χ0n) is 19.7. The number of carbonyl (C=O) groups excluding carboxylic acids is 2. The van der Waals surface area contributed by atoms with E-state index in [4.69, 9.17) is 14.2 Å². The smallest absolute Gasteiger partial charge is 0.508 e. The van der Waals surface area contributed by atoms with Gasteiger partial charge in [-0.05, 0) is 42.7 Å². The number of ether oxygens (including phenoxy) is 3. The number of ketones is 1. The molecule has 1 aliphatic rings. The molecule has 6 heteroatoms. The molecule has 1 N–H and O–H groups in total. The average Bonchev–Trinajstić information content (AvgIpc) is 2.88. The average molecular weight is 473 g/mol. The second-order valence-corrected chi connectivity index (χ2v) is 8.32. The zero-order chi connectivity index (χ0) is 24.8. The third-order valence-corrected chi connectivity index (χ3v) is 5.95. The van der Waals surface area contributed by atoms with E-state index in [-0.39, 0.29) is 30.7 Å².